The molecule has 0 aliphatic rings. The number of hydrogen-bond acceptors (Lipinski definition) is 3. The summed E-state index contributed by atoms with van der Waals surface area (Å²) < 4.78 is 1.39. The number of hydrogen-bond donors (Lipinski definition) is 1. The molecular formula is C18H21NS2. The van der Waals surface area contributed by atoms with E-state index in [1.807, 2.05) is 22.7 Å². The lowest BCUT2D eigenvalue weighted by atomic mass is 10.0. The standard InChI is InChI=1S/C18H21NS2/c1-3-13-9-10-14(21-13)11-17(19-4-2)16-12-20-18-8-6-5-7-15(16)18/h5-10,12,17,19H,3-4,11H2,1-2H3. The maximum Gasteiger partial charge on any atom is 0.0383 e. The Labute approximate surface area is 134 Å². The second-order valence-electron chi connectivity index (χ2n) is 5.22. The van der Waals surface area contributed by atoms with E-state index >= 15 is 0 Å². The quantitative estimate of drug-likeness (QED) is 0.640. The summed E-state index contributed by atoms with van der Waals surface area (Å²) in [4.78, 5) is 2.96. The van der Waals surface area contributed by atoms with Gasteiger partial charge in [-0.25, -0.2) is 0 Å². The van der Waals surface area contributed by atoms with Gasteiger partial charge in [-0.05, 0) is 47.5 Å². The molecule has 0 saturated carbocycles. The van der Waals surface area contributed by atoms with E-state index in [9.17, 15) is 0 Å². The third kappa shape index (κ3) is 3.20. The first-order chi connectivity index (χ1) is 10.3. The van der Waals surface area contributed by atoms with E-state index in [-0.39, 0.29) is 0 Å². The lowest BCUT2D eigenvalue weighted by Crippen LogP contribution is -2.22. The Hall–Kier alpha value is -1.16. The smallest absolute Gasteiger partial charge is 0.0383 e. The van der Waals surface area contributed by atoms with Gasteiger partial charge in [0.15, 0.2) is 0 Å². The first-order valence-corrected chi connectivity index (χ1v) is 9.28. The fourth-order valence-corrected chi connectivity index (χ4v) is 4.75. The van der Waals surface area contributed by atoms with E-state index in [0.717, 1.165) is 19.4 Å². The van der Waals surface area contributed by atoms with Crippen LogP contribution in [0.1, 0.15) is 35.2 Å². The largest absolute Gasteiger partial charge is 0.310 e. The van der Waals surface area contributed by atoms with Crippen LogP contribution in [0.3, 0.4) is 0 Å². The summed E-state index contributed by atoms with van der Waals surface area (Å²) in [5.74, 6) is 0. The third-order valence-electron chi connectivity index (χ3n) is 3.81. The Kier molecular flexibility index (Phi) is 4.73. The van der Waals surface area contributed by atoms with Crippen molar-refractivity contribution in [2.45, 2.75) is 32.7 Å². The zero-order chi connectivity index (χ0) is 14.7. The monoisotopic (exact) mass is 315 g/mol. The molecule has 2 heterocycles. The summed E-state index contributed by atoms with van der Waals surface area (Å²) in [5.41, 5.74) is 1.45. The van der Waals surface area contributed by atoms with Gasteiger partial charge in [0.05, 0.1) is 0 Å². The second-order valence-corrected chi connectivity index (χ2v) is 7.39. The Morgan fingerprint density at radius 3 is 2.62 bits per heavy atom. The van der Waals surface area contributed by atoms with E-state index in [1.165, 1.54) is 25.4 Å². The maximum absolute atomic E-state index is 3.67. The molecule has 0 spiro atoms. The van der Waals surface area contributed by atoms with E-state index in [0.29, 0.717) is 6.04 Å². The molecule has 21 heavy (non-hydrogen) atoms. The zero-order valence-electron chi connectivity index (χ0n) is 12.6. The van der Waals surface area contributed by atoms with E-state index in [4.69, 9.17) is 0 Å². The van der Waals surface area contributed by atoms with E-state index < -0.39 is 0 Å². The fourth-order valence-electron chi connectivity index (χ4n) is 2.73. The molecular weight excluding hydrogens is 294 g/mol. The number of rotatable bonds is 6. The summed E-state index contributed by atoms with van der Waals surface area (Å²) in [7, 11) is 0. The Bertz CT molecular complexity index is 711. The molecule has 0 bridgehead atoms. The molecule has 3 heteroatoms. The van der Waals surface area contributed by atoms with Gasteiger partial charge in [0.2, 0.25) is 0 Å². The van der Waals surface area contributed by atoms with Gasteiger partial charge in [0.25, 0.3) is 0 Å². The molecule has 0 radical (unpaired) electrons. The van der Waals surface area contributed by atoms with E-state index in [2.05, 4.69) is 60.9 Å². The Morgan fingerprint density at radius 2 is 1.86 bits per heavy atom. The summed E-state index contributed by atoms with van der Waals surface area (Å²) >= 11 is 3.80. The highest BCUT2D eigenvalue weighted by Gasteiger charge is 2.16. The lowest BCUT2D eigenvalue weighted by molar-refractivity contribution is 0.558. The first kappa shape index (κ1) is 14.8. The molecule has 3 rings (SSSR count). The number of likely N-dealkylation sites (N-methyl/N-ethyl adjacent to an activating group) is 1. The Morgan fingerprint density at radius 1 is 1.05 bits per heavy atom. The van der Waals surface area contributed by atoms with Crippen LogP contribution < -0.4 is 5.32 Å². The van der Waals surface area contributed by atoms with Crippen LogP contribution in [0.2, 0.25) is 0 Å². The van der Waals surface area contributed by atoms with Crippen LogP contribution in [0.15, 0.2) is 41.8 Å². The van der Waals surface area contributed by atoms with E-state index in [1.54, 1.807) is 0 Å². The molecule has 1 aromatic carbocycles. The predicted molar refractivity (Wildman–Crippen MR) is 95.6 cm³/mol. The number of thiophene rings is 2. The van der Waals surface area contributed by atoms with Gasteiger partial charge in [0.1, 0.15) is 0 Å². The molecule has 0 amide bonds. The molecule has 1 atom stereocenters. The summed E-state index contributed by atoms with van der Waals surface area (Å²) in [6, 6.07) is 13.7. The zero-order valence-corrected chi connectivity index (χ0v) is 14.2. The summed E-state index contributed by atoms with van der Waals surface area (Å²) in [6.07, 6.45) is 2.22. The van der Waals surface area contributed by atoms with Crippen LogP contribution >= 0.6 is 22.7 Å². The van der Waals surface area contributed by atoms with Crippen molar-refractivity contribution < 1.29 is 0 Å². The highest BCUT2D eigenvalue weighted by molar-refractivity contribution is 7.17. The van der Waals surface area contributed by atoms with Crippen LogP contribution in [0.25, 0.3) is 10.1 Å². The highest BCUT2D eigenvalue weighted by atomic mass is 32.1. The fraction of sp³-hybridized carbons (Fsp3) is 0.333. The Balaban J connectivity index is 1.90. The number of nitrogens with one attached hydrogen (secondary N) is 1. The average molecular weight is 316 g/mol. The minimum absolute atomic E-state index is 0.412. The number of benzene rings is 1. The van der Waals surface area contributed by atoms with Gasteiger partial charge in [-0.15, -0.1) is 22.7 Å². The van der Waals surface area contributed by atoms with Crippen molar-refractivity contribution >= 4 is 32.8 Å². The highest BCUT2D eigenvalue weighted by Crippen LogP contribution is 2.33. The molecule has 1 unspecified atom stereocenters. The predicted octanol–water partition coefficient (Wildman–Crippen LogP) is 5.42. The second kappa shape index (κ2) is 6.73. The summed E-state index contributed by atoms with van der Waals surface area (Å²) in [5, 5.41) is 7.40. The topological polar surface area (TPSA) is 12.0 Å². The molecule has 1 N–H and O–H groups in total. The SMILES string of the molecule is CCNC(Cc1ccc(CC)s1)c1csc2ccccc12. The maximum atomic E-state index is 3.67. The van der Waals surface area contributed by atoms with Gasteiger partial charge < -0.3 is 5.32 Å². The molecule has 110 valence electrons. The van der Waals surface area contributed by atoms with Gasteiger partial charge in [0, 0.05) is 26.9 Å². The van der Waals surface area contributed by atoms with Gasteiger partial charge in [-0.3, -0.25) is 0 Å². The lowest BCUT2D eigenvalue weighted by Gasteiger charge is -2.17. The van der Waals surface area contributed by atoms with Crippen LogP contribution in [0.5, 0.6) is 0 Å². The molecule has 0 aliphatic carbocycles. The minimum Gasteiger partial charge on any atom is -0.310 e. The summed E-state index contributed by atoms with van der Waals surface area (Å²) in [6.45, 7) is 5.41. The normalized spacial score (nSPS) is 12.9. The van der Waals surface area contributed by atoms with Crippen molar-refractivity contribution in [2.75, 3.05) is 6.54 Å². The first-order valence-electron chi connectivity index (χ1n) is 7.59. The minimum atomic E-state index is 0.412. The van der Waals surface area contributed by atoms with Crippen molar-refractivity contribution in [3.63, 3.8) is 0 Å². The van der Waals surface area contributed by atoms with Crippen LogP contribution in [0, 0.1) is 0 Å². The van der Waals surface area contributed by atoms with Crippen LogP contribution in [-0.2, 0) is 12.8 Å². The van der Waals surface area contributed by atoms with Crippen molar-refractivity contribution in [3.05, 3.63) is 57.1 Å². The molecule has 1 nitrogen and oxygen atoms in total. The van der Waals surface area contributed by atoms with Crippen molar-refractivity contribution in [3.8, 4) is 0 Å². The number of fused-ring (bicyclic) bond motifs is 1. The molecule has 0 saturated heterocycles. The van der Waals surface area contributed by atoms with Crippen molar-refractivity contribution in [1.29, 1.82) is 0 Å². The van der Waals surface area contributed by atoms with Crippen LogP contribution in [-0.4, -0.2) is 6.54 Å². The molecule has 3 aromatic rings. The number of aryl methyl sites for hydroxylation is 1. The van der Waals surface area contributed by atoms with Crippen molar-refractivity contribution in [2.24, 2.45) is 0 Å². The molecule has 0 fully saturated rings. The van der Waals surface area contributed by atoms with Gasteiger partial charge >= 0.3 is 0 Å². The van der Waals surface area contributed by atoms with Gasteiger partial charge in [-0.1, -0.05) is 32.0 Å². The third-order valence-corrected chi connectivity index (χ3v) is 6.04. The molecule has 2 aromatic heterocycles. The molecule has 0 aliphatic heterocycles. The van der Waals surface area contributed by atoms with Gasteiger partial charge in [-0.2, -0.15) is 0 Å². The average Bonchev–Trinajstić information content (AvgIpc) is 3.13. The van der Waals surface area contributed by atoms with Crippen molar-refractivity contribution in [1.82, 2.24) is 5.32 Å². The van der Waals surface area contributed by atoms with Crippen LogP contribution in [0.4, 0.5) is 0 Å².